The first kappa shape index (κ1) is 26.2. The Bertz CT molecular complexity index is 1460. The Balaban J connectivity index is 1.55. The van der Waals surface area contributed by atoms with E-state index >= 15 is 0 Å². The molecule has 1 heterocycles. The third-order valence-corrected chi connectivity index (χ3v) is 7.26. The molecule has 4 rings (SSSR count). The van der Waals surface area contributed by atoms with Crippen molar-refractivity contribution >= 4 is 29.3 Å². The summed E-state index contributed by atoms with van der Waals surface area (Å²) >= 11 is 1.31. The number of nitrogens with one attached hydrogen (secondary N) is 2. The molecule has 0 spiro atoms. The second kappa shape index (κ2) is 11.4. The third-order valence-electron chi connectivity index (χ3n) is 6.33. The van der Waals surface area contributed by atoms with Gasteiger partial charge in [0, 0.05) is 11.3 Å². The number of aromatic nitrogens is 3. The van der Waals surface area contributed by atoms with Crippen molar-refractivity contribution in [3.63, 3.8) is 0 Å². The molecule has 8 heteroatoms. The van der Waals surface area contributed by atoms with Crippen molar-refractivity contribution < 1.29 is 9.59 Å². The van der Waals surface area contributed by atoms with Crippen molar-refractivity contribution in [1.82, 2.24) is 20.1 Å². The summed E-state index contributed by atoms with van der Waals surface area (Å²) in [5.74, 6) is 0.458. The number of rotatable bonds is 8. The number of amides is 2. The predicted octanol–water partition coefficient (Wildman–Crippen LogP) is 5.47. The Labute approximate surface area is 221 Å². The van der Waals surface area contributed by atoms with E-state index in [1.807, 2.05) is 99.8 Å². The molecule has 2 amide bonds. The van der Waals surface area contributed by atoms with Gasteiger partial charge in [0.2, 0.25) is 5.91 Å². The van der Waals surface area contributed by atoms with Gasteiger partial charge in [-0.2, -0.15) is 0 Å². The van der Waals surface area contributed by atoms with Crippen LogP contribution in [0, 0.1) is 34.6 Å². The minimum Gasteiger partial charge on any atom is -0.345 e. The van der Waals surface area contributed by atoms with Crippen molar-refractivity contribution in [3.05, 3.63) is 99.9 Å². The smallest absolute Gasteiger partial charge is 0.251 e. The number of aryl methyl sites for hydroxylation is 4. The normalized spacial score (nSPS) is 10.8. The Morgan fingerprint density at radius 3 is 2.41 bits per heavy atom. The predicted molar refractivity (Wildman–Crippen MR) is 148 cm³/mol. The number of nitrogens with zero attached hydrogens (tertiary/aromatic N) is 3. The van der Waals surface area contributed by atoms with Crippen molar-refractivity contribution in [2.75, 3.05) is 11.1 Å². The maximum Gasteiger partial charge on any atom is 0.251 e. The fourth-order valence-electron chi connectivity index (χ4n) is 3.92. The van der Waals surface area contributed by atoms with Gasteiger partial charge in [0.25, 0.3) is 5.91 Å². The van der Waals surface area contributed by atoms with Crippen LogP contribution in [-0.2, 0) is 11.3 Å². The number of benzene rings is 3. The molecule has 1 aromatic heterocycles. The van der Waals surface area contributed by atoms with Crippen LogP contribution < -0.4 is 10.6 Å². The summed E-state index contributed by atoms with van der Waals surface area (Å²) in [7, 11) is 0. The van der Waals surface area contributed by atoms with Gasteiger partial charge >= 0.3 is 0 Å². The highest BCUT2D eigenvalue weighted by atomic mass is 32.2. The number of carbonyl (C=O) groups is 2. The van der Waals surface area contributed by atoms with Gasteiger partial charge in [0.1, 0.15) is 0 Å². The summed E-state index contributed by atoms with van der Waals surface area (Å²) in [6.07, 6.45) is 0. The molecule has 0 aliphatic carbocycles. The molecule has 0 radical (unpaired) electrons. The lowest BCUT2D eigenvalue weighted by molar-refractivity contribution is -0.113. The SMILES string of the molecule is Cc1cccc(NC(=O)CSc2nnc(CNC(=O)c3ccc(C)c(C)c3)n2-c2cccc(C)c2C)c1. The van der Waals surface area contributed by atoms with Crippen molar-refractivity contribution in [1.29, 1.82) is 0 Å². The molecule has 3 aromatic carbocycles. The van der Waals surface area contributed by atoms with E-state index in [4.69, 9.17) is 0 Å². The lowest BCUT2D eigenvalue weighted by Crippen LogP contribution is -2.25. The van der Waals surface area contributed by atoms with Crippen LogP contribution in [0.2, 0.25) is 0 Å². The van der Waals surface area contributed by atoms with Gasteiger partial charge < -0.3 is 10.6 Å². The molecule has 0 saturated heterocycles. The zero-order chi connectivity index (χ0) is 26.5. The van der Waals surface area contributed by atoms with E-state index in [9.17, 15) is 9.59 Å². The van der Waals surface area contributed by atoms with Crippen LogP contribution in [0.1, 0.15) is 44.0 Å². The number of thioether (sulfide) groups is 1. The van der Waals surface area contributed by atoms with E-state index in [1.165, 1.54) is 11.8 Å². The van der Waals surface area contributed by atoms with Crippen LogP contribution in [0.15, 0.2) is 65.8 Å². The Morgan fingerprint density at radius 1 is 0.865 bits per heavy atom. The quantitative estimate of drug-likeness (QED) is 0.305. The first-order valence-electron chi connectivity index (χ1n) is 12.1. The van der Waals surface area contributed by atoms with E-state index < -0.39 is 0 Å². The summed E-state index contributed by atoms with van der Waals surface area (Å²) < 4.78 is 1.92. The fourth-order valence-corrected chi connectivity index (χ4v) is 4.69. The number of carbonyl (C=O) groups excluding carboxylic acids is 2. The maximum absolute atomic E-state index is 12.8. The molecule has 4 aromatic rings. The second-order valence-electron chi connectivity index (χ2n) is 9.14. The molecular formula is C29H31N5O2S. The maximum atomic E-state index is 12.8. The van der Waals surface area contributed by atoms with Gasteiger partial charge in [-0.25, -0.2) is 0 Å². The van der Waals surface area contributed by atoms with E-state index in [2.05, 4.69) is 20.8 Å². The summed E-state index contributed by atoms with van der Waals surface area (Å²) in [5, 5.41) is 15.2. The van der Waals surface area contributed by atoms with Crippen LogP contribution in [0.5, 0.6) is 0 Å². The molecule has 0 bridgehead atoms. The summed E-state index contributed by atoms with van der Waals surface area (Å²) in [4.78, 5) is 25.5. The highest BCUT2D eigenvalue weighted by molar-refractivity contribution is 7.99. The number of hydrogen-bond acceptors (Lipinski definition) is 5. The highest BCUT2D eigenvalue weighted by Gasteiger charge is 2.19. The van der Waals surface area contributed by atoms with Crippen molar-refractivity contribution in [3.8, 4) is 5.69 Å². The van der Waals surface area contributed by atoms with Crippen molar-refractivity contribution in [2.45, 2.75) is 46.3 Å². The van der Waals surface area contributed by atoms with Gasteiger partial charge in [-0.3, -0.25) is 14.2 Å². The van der Waals surface area contributed by atoms with Crippen molar-refractivity contribution in [2.24, 2.45) is 0 Å². The molecule has 190 valence electrons. The average Bonchev–Trinajstić information content (AvgIpc) is 3.27. The molecular weight excluding hydrogens is 482 g/mol. The standard InChI is InChI=1S/C29H31N5O2S/c1-18-8-6-10-24(14-18)31-27(35)17-37-29-33-32-26(34(29)25-11-7-9-20(3)22(25)5)16-30-28(36)23-13-12-19(2)21(4)15-23/h6-15H,16-17H2,1-5H3,(H,30,36)(H,31,35). The van der Waals surface area contributed by atoms with E-state index in [0.717, 1.165) is 39.2 Å². The Kier molecular flexibility index (Phi) is 8.08. The first-order valence-corrected chi connectivity index (χ1v) is 13.1. The molecule has 0 aliphatic rings. The van der Waals surface area contributed by atoms with Crippen LogP contribution in [0.4, 0.5) is 5.69 Å². The zero-order valence-corrected chi connectivity index (χ0v) is 22.6. The Morgan fingerprint density at radius 2 is 1.65 bits per heavy atom. The first-order chi connectivity index (χ1) is 17.7. The fraction of sp³-hybridized carbons (Fsp3) is 0.241. The lowest BCUT2D eigenvalue weighted by atomic mass is 10.1. The summed E-state index contributed by atoms with van der Waals surface area (Å²) in [5.41, 5.74) is 7.77. The van der Waals surface area contributed by atoms with Crippen LogP contribution in [0.3, 0.4) is 0 Å². The highest BCUT2D eigenvalue weighted by Crippen LogP contribution is 2.26. The molecule has 0 fully saturated rings. The molecule has 0 unspecified atom stereocenters. The lowest BCUT2D eigenvalue weighted by Gasteiger charge is -2.15. The topological polar surface area (TPSA) is 88.9 Å². The minimum absolute atomic E-state index is 0.129. The summed E-state index contributed by atoms with van der Waals surface area (Å²) in [6, 6.07) is 19.4. The Hall–Kier alpha value is -3.91. The molecule has 0 saturated carbocycles. The summed E-state index contributed by atoms with van der Waals surface area (Å²) in [6.45, 7) is 10.3. The van der Waals surface area contributed by atoms with Crippen LogP contribution in [0.25, 0.3) is 5.69 Å². The van der Waals surface area contributed by atoms with Gasteiger partial charge in [-0.1, -0.05) is 42.1 Å². The zero-order valence-electron chi connectivity index (χ0n) is 21.8. The molecule has 0 aliphatic heterocycles. The van der Waals surface area contributed by atoms with E-state index in [1.54, 1.807) is 0 Å². The van der Waals surface area contributed by atoms with Crippen LogP contribution >= 0.6 is 11.8 Å². The average molecular weight is 514 g/mol. The van der Waals surface area contributed by atoms with E-state index in [0.29, 0.717) is 16.5 Å². The number of anilines is 1. The largest absolute Gasteiger partial charge is 0.345 e. The second-order valence-corrected chi connectivity index (χ2v) is 10.1. The third kappa shape index (κ3) is 6.27. The van der Waals surface area contributed by atoms with Gasteiger partial charge in [0.15, 0.2) is 11.0 Å². The van der Waals surface area contributed by atoms with E-state index in [-0.39, 0.29) is 24.1 Å². The molecule has 7 nitrogen and oxygen atoms in total. The monoisotopic (exact) mass is 513 g/mol. The molecule has 0 atom stereocenters. The van der Waals surface area contributed by atoms with Gasteiger partial charge in [-0.05, 0) is 92.8 Å². The minimum atomic E-state index is -0.176. The number of hydrogen-bond donors (Lipinski definition) is 2. The van der Waals surface area contributed by atoms with Gasteiger partial charge in [-0.15, -0.1) is 10.2 Å². The van der Waals surface area contributed by atoms with Gasteiger partial charge in [0.05, 0.1) is 18.0 Å². The molecule has 37 heavy (non-hydrogen) atoms. The van der Waals surface area contributed by atoms with Crippen LogP contribution in [-0.4, -0.2) is 32.3 Å². The molecule has 2 N–H and O–H groups in total.